The number of alkyl halides is 2. The van der Waals surface area contributed by atoms with E-state index in [2.05, 4.69) is 60.3 Å². The molecule has 4 fully saturated rings. The zero-order chi connectivity index (χ0) is 105. The van der Waals surface area contributed by atoms with Crippen LogP contribution in [0.3, 0.4) is 0 Å². The van der Waals surface area contributed by atoms with Gasteiger partial charge in [-0.25, -0.2) is 19.2 Å². The van der Waals surface area contributed by atoms with Crippen molar-refractivity contribution in [1.82, 2.24) is 59.6 Å². The van der Waals surface area contributed by atoms with E-state index in [9.17, 15) is 112 Å². The number of ether oxygens (including phenoxy) is 6. The van der Waals surface area contributed by atoms with Crippen LogP contribution >= 0.6 is 36.1 Å². The van der Waals surface area contributed by atoms with Crippen molar-refractivity contribution in [3.8, 4) is 0 Å². The van der Waals surface area contributed by atoms with Crippen molar-refractivity contribution >= 4 is 131 Å². The molecule has 0 spiro atoms. The van der Waals surface area contributed by atoms with Crippen molar-refractivity contribution in [2.75, 3.05) is 114 Å². The third-order valence-corrected chi connectivity index (χ3v) is 22.3. The third-order valence-electron chi connectivity index (χ3n) is 21.7. The molecule has 40 nitrogen and oxygen atoms in total. The number of nitrogens with one attached hydrogen (secondary N) is 1. The molecule has 784 valence electrons. The smallest absolute Gasteiger partial charge is 2.00 e. The molecule has 4 aromatic rings. The van der Waals surface area contributed by atoms with Crippen molar-refractivity contribution < 1.29 is 172 Å². The first-order chi connectivity index (χ1) is 65.5. The predicted octanol–water partition coefficient (Wildman–Crippen LogP) is 9.95. The van der Waals surface area contributed by atoms with Crippen LogP contribution in [0.1, 0.15) is 245 Å². The average Bonchev–Trinajstić information content (AvgIpc) is 0.824. The van der Waals surface area contributed by atoms with E-state index in [0.717, 1.165) is 82.7 Å². The van der Waals surface area contributed by atoms with E-state index in [1.807, 2.05) is 51.3 Å². The van der Waals surface area contributed by atoms with Gasteiger partial charge in [0.1, 0.15) is 34.3 Å². The molecule has 4 unspecified atom stereocenters. The van der Waals surface area contributed by atoms with Gasteiger partial charge in [-0.05, 0) is 169 Å². The van der Waals surface area contributed by atoms with E-state index < -0.39 is 110 Å². The van der Waals surface area contributed by atoms with Crippen LogP contribution in [0.25, 0.3) is 0 Å². The van der Waals surface area contributed by atoms with E-state index in [1.165, 1.54) is 89.0 Å². The average molecular weight is 2170 g/mol. The SMILES string of the molecule is C.CC(=O)CN[C@H]1CCCCC1N(CC(C)=O)CC(=O)OC(C)(C)C.COC(=O)c1ccc(CBr)nc1.COC(=O)c1ccc(CN(CC(=O)O)[C@H]2CCCCC2N(CC(=O)O)CC(=O)O)nc1.COC(=O)c1ccc(CN(CC(=O)O)[C@H]2CCCCC2N(CC(=O)O)CC(=O)O)nc1.COC(=O)c1ccc(CN(CC(C)=O)[C@H]2CCCCC2N(CC(C)=O)CC(=O)OC(C)(C)C)nc1.[2H]CF.[Cl][Mn][Cl].[Mn+2]. The second kappa shape index (κ2) is 69.5. The van der Waals surface area contributed by atoms with Crippen LogP contribution in [0.15, 0.2) is 73.3 Å². The summed E-state index contributed by atoms with van der Waals surface area (Å²) in [5, 5.41) is 59.8. The third kappa shape index (κ3) is 52.6. The molecule has 4 aliphatic carbocycles. The number of carbonyl (C=O) groups is 16. The van der Waals surface area contributed by atoms with Crippen LogP contribution in [0, 0.1) is 0 Å². The fourth-order valence-corrected chi connectivity index (χ4v) is 16.9. The molecule has 0 aromatic carbocycles. The van der Waals surface area contributed by atoms with Gasteiger partial charge in [-0.15, -0.1) is 0 Å². The number of aliphatic carboxylic acids is 6. The molecule has 0 aliphatic heterocycles. The standard InChI is InChI=1S/C26H39N3O6.2C20H27N3O8.C18H32N2O4.C8H8BrNO2.CH3F.CH4.2ClH.2Mn/c1-18(30)14-28(16-21-12-11-20(13-27-21)25(33)34-6)22-9-7-8-10-23(22)29(15-19(2)31)17-24(32)35-26(3,4)5;2*1-31-20(30)13-6-7-14(21-8-13)9-22(10-17(24)25)15-4-2-3-5-16(15)23(11-18(26)27)12-19(28)29;1-13(21)10-19-15-8-6-7-9-16(15)20(11-14(2)22)12-17(23)24-18(3,4)5;1-12-8(11)6-2-3-7(4-9)10-5-6;1-2;;;;;/h11-13,22-23H,7-10,14-17H2,1-6H3;2*6-8,15-16H,2-5,9-12H2,1H3,(H,24,25)(H,26,27)(H,28,29);15-16,19H,6-12H2,1-5H3;2-3,5H,4H2,1H3;1H3;1H4;2*1H;;/q;;;;;;;;;2*+2/p-2/t22-,23?;3*15-,16?;;;;;;;/m0000......./s1/i;;;;;1D;;;;;. The maximum absolute atomic E-state index is 12.7. The van der Waals surface area contributed by atoms with E-state index in [-0.39, 0.29) is 185 Å². The van der Waals surface area contributed by atoms with Gasteiger partial charge in [-0.2, -0.15) is 0 Å². The Labute approximate surface area is 853 Å². The molecule has 4 aliphatic rings. The number of hydrogen-bond donors (Lipinski definition) is 7. The van der Waals surface area contributed by atoms with E-state index in [0.29, 0.717) is 72.3 Å². The summed E-state index contributed by atoms with van der Waals surface area (Å²) in [6.07, 6.45) is 18.9. The molecule has 4 heterocycles. The van der Waals surface area contributed by atoms with E-state index in [1.54, 1.807) is 60.0 Å². The number of rotatable bonds is 43. The number of hydrogen-bond acceptors (Lipinski definition) is 34. The maximum atomic E-state index is 12.7. The molecule has 8 atom stereocenters. The molecule has 7 N–H and O–H groups in total. The van der Waals surface area contributed by atoms with Crippen molar-refractivity contribution in [3.63, 3.8) is 0 Å². The minimum absolute atomic E-state index is 0. The van der Waals surface area contributed by atoms with E-state index >= 15 is 0 Å². The van der Waals surface area contributed by atoms with Gasteiger partial charge in [0.05, 0.1) is 161 Å². The molecule has 4 aromatic heterocycles. The van der Waals surface area contributed by atoms with Gasteiger partial charge >= 0.3 is 122 Å². The number of halogens is 4. The largest absolute Gasteiger partial charge is 2.00 e. The number of aromatic nitrogens is 4. The van der Waals surface area contributed by atoms with Crippen LogP contribution in [0.4, 0.5) is 4.39 Å². The quantitative estimate of drug-likeness (QED) is 0.00937. The second-order valence-corrected chi connectivity index (χ2v) is 37.6. The number of pyridine rings is 4. The second-order valence-electron chi connectivity index (χ2n) is 35.1. The first kappa shape index (κ1) is 129. The summed E-state index contributed by atoms with van der Waals surface area (Å²) in [6, 6.07) is 11.6. The number of methoxy groups -OCH3 is 4. The number of esters is 6. The van der Waals surface area contributed by atoms with Gasteiger partial charge in [-0.3, -0.25) is 116 Å². The van der Waals surface area contributed by atoms with Crippen LogP contribution < -0.4 is 5.32 Å². The van der Waals surface area contributed by atoms with Crippen LogP contribution in [-0.4, -0.2) is 353 Å². The van der Waals surface area contributed by atoms with Gasteiger partial charge in [0.15, 0.2) is 0 Å². The fraction of sp³-hybridized carbons (Fsp3) is 0.617. The summed E-state index contributed by atoms with van der Waals surface area (Å²) in [6.45, 7) is 16.4. The predicted molar refractivity (Wildman–Crippen MR) is 510 cm³/mol. The molecule has 0 bridgehead atoms. The van der Waals surface area contributed by atoms with E-state index in [4.69, 9.17) is 35.8 Å². The Morgan fingerprint density at radius 2 is 0.600 bits per heavy atom. The summed E-state index contributed by atoms with van der Waals surface area (Å²) >= 11 is 3.26. The molecule has 46 heteroatoms. The molecule has 1 radical (unpaired) electrons. The van der Waals surface area contributed by atoms with Gasteiger partial charge in [0.2, 0.25) is 0 Å². The Bertz CT molecular complexity index is 4400. The fourth-order valence-electron chi connectivity index (χ4n) is 16.5. The molecular formula is C94H140BrCl2FMn2N12O28+2. The number of carboxylic acids is 6. The number of nitrogens with zero attached hydrogens (tertiary/aromatic N) is 11. The van der Waals surface area contributed by atoms with Crippen LogP contribution in [0.5, 0.6) is 0 Å². The number of Topliss-reactive ketones (excluding diaryl/α,β-unsaturated/α-hetero) is 4. The van der Waals surface area contributed by atoms with Gasteiger partial charge in [-0.1, -0.05) is 74.7 Å². The Hall–Kier alpha value is -9.37. The number of carbonyl (C=O) groups excluding carboxylic acids is 10. The van der Waals surface area contributed by atoms with Crippen molar-refractivity contribution in [1.29, 1.82) is 0 Å². The minimum Gasteiger partial charge on any atom is 2.00 e. The summed E-state index contributed by atoms with van der Waals surface area (Å²) in [4.78, 5) is 215. The number of ketones is 4. The summed E-state index contributed by atoms with van der Waals surface area (Å²) in [5.41, 5.74) is 2.86. The molecular weight excluding hydrogens is 2020 g/mol. The summed E-state index contributed by atoms with van der Waals surface area (Å²) in [5.74, 6) is -9.17. The summed E-state index contributed by atoms with van der Waals surface area (Å²) in [7, 11) is 13.8. The Kier molecular flexibility index (Phi) is 63.9. The van der Waals surface area contributed by atoms with Gasteiger partial charge in [0, 0.05) is 98.1 Å². The van der Waals surface area contributed by atoms with Crippen molar-refractivity contribution in [2.24, 2.45) is 0 Å². The zero-order valence-corrected chi connectivity index (χ0v) is 86.7. The minimum atomic E-state index is -1.14. The van der Waals surface area contributed by atoms with Crippen molar-refractivity contribution in [3.05, 3.63) is 118 Å². The van der Waals surface area contributed by atoms with Gasteiger partial charge < -0.3 is 64.4 Å². The van der Waals surface area contributed by atoms with Crippen LogP contribution in [0.2, 0.25) is 0 Å². The van der Waals surface area contributed by atoms with Crippen molar-refractivity contribution in [2.45, 2.75) is 264 Å². The topological polar surface area (TPSA) is 536 Å². The zero-order valence-electron chi connectivity index (χ0n) is 82.2. The van der Waals surface area contributed by atoms with Gasteiger partial charge in [0.25, 0.3) is 0 Å². The summed E-state index contributed by atoms with van der Waals surface area (Å²) < 4.78 is 45.0. The Balaban J connectivity index is 0.00000175. The molecule has 140 heavy (non-hydrogen) atoms. The van der Waals surface area contributed by atoms with Crippen LogP contribution in [-0.2, 0) is 141 Å². The molecule has 0 saturated heterocycles. The molecule has 8 rings (SSSR count). The first-order valence-electron chi connectivity index (χ1n) is 45.3. The normalized spacial score (nSPS) is 17.6. The first-order valence-corrected chi connectivity index (χ1v) is 48.9. The monoisotopic (exact) mass is 2160 g/mol. The molecule has 0 amide bonds. The Morgan fingerprint density at radius 1 is 0.386 bits per heavy atom. The molecule has 4 saturated carbocycles. The maximum Gasteiger partial charge on any atom is 2.00 e. The number of carboxylic acid groups (broad SMARTS) is 6. The Morgan fingerprint density at radius 3 is 0.821 bits per heavy atom.